The van der Waals surface area contributed by atoms with Gasteiger partial charge in [-0.05, 0) is 69.2 Å². The lowest BCUT2D eigenvalue weighted by molar-refractivity contribution is -0.142. The Bertz CT molecular complexity index is 1090. The van der Waals surface area contributed by atoms with Crippen LogP contribution >= 0.6 is 0 Å². The van der Waals surface area contributed by atoms with Crippen molar-refractivity contribution >= 4 is 18.0 Å². The number of benzene rings is 2. The van der Waals surface area contributed by atoms with Crippen molar-refractivity contribution in [2.45, 2.75) is 64.5 Å². The third kappa shape index (κ3) is 4.77. The van der Waals surface area contributed by atoms with Gasteiger partial charge in [0.15, 0.2) is 0 Å². The normalized spacial score (nSPS) is 19.5. The van der Waals surface area contributed by atoms with Gasteiger partial charge in [0.25, 0.3) is 0 Å². The highest BCUT2D eigenvalue weighted by Gasteiger charge is 2.46. The fourth-order valence-corrected chi connectivity index (χ4v) is 5.03. The predicted molar refractivity (Wildman–Crippen MR) is 133 cm³/mol. The summed E-state index contributed by atoms with van der Waals surface area (Å²) < 4.78 is 5.68. The molecular weight excluding hydrogens is 444 g/mol. The van der Waals surface area contributed by atoms with E-state index in [2.05, 4.69) is 34.9 Å². The molecule has 1 fully saturated rings. The van der Waals surface area contributed by atoms with Gasteiger partial charge in [0, 0.05) is 12.0 Å². The molecule has 7 nitrogen and oxygen atoms in total. The standard InChI is InChI=1S/C28H34N2O5/c1-27(2,25(33)29-18-14-13-17(15-18)24(31)32)28(3,4)30-26(34)35-16-23-21-11-7-5-9-19(21)20-10-6-8-12-22(20)23/h5-12,17-18,23H,13-16H2,1-4H3,(H,29,33)(H,30,34)(H,31,32)/t17-,18+/m1/s1. The molecule has 0 unspecified atom stereocenters. The molecule has 0 saturated heterocycles. The molecule has 1 saturated carbocycles. The summed E-state index contributed by atoms with van der Waals surface area (Å²) in [5, 5.41) is 15.1. The van der Waals surface area contributed by atoms with Crippen LogP contribution in [0.2, 0.25) is 0 Å². The number of aliphatic carboxylic acids is 1. The number of hydrogen-bond donors (Lipinski definition) is 3. The lowest BCUT2D eigenvalue weighted by atomic mass is 9.73. The van der Waals surface area contributed by atoms with Gasteiger partial charge in [-0.2, -0.15) is 0 Å². The second-order valence-corrected chi connectivity index (χ2v) is 10.7. The average Bonchev–Trinajstić information content (AvgIpc) is 3.40. The average molecular weight is 479 g/mol. The van der Waals surface area contributed by atoms with Crippen LogP contribution in [0.1, 0.15) is 64.0 Å². The van der Waals surface area contributed by atoms with Gasteiger partial charge >= 0.3 is 12.1 Å². The second-order valence-electron chi connectivity index (χ2n) is 10.7. The highest BCUT2D eigenvalue weighted by molar-refractivity contribution is 5.85. The van der Waals surface area contributed by atoms with Crippen molar-refractivity contribution in [2.75, 3.05) is 6.61 Å². The summed E-state index contributed by atoms with van der Waals surface area (Å²) in [5.41, 5.74) is 2.72. The third-order valence-corrected chi connectivity index (χ3v) is 8.01. The van der Waals surface area contributed by atoms with E-state index in [4.69, 9.17) is 4.74 Å². The molecule has 0 heterocycles. The lowest BCUT2D eigenvalue weighted by Gasteiger charge is -2.41. The first-order chi connectivity index (χ1) is 16.5. The molecule has 0 aliphatic heterocycles. The van der Waals surface area contributed by atoms with Crippen LogP contribution in [0, 0.1) is 11.3 Å². The van der Waals surface area contributed by atoms with E-state index in [1.54, 1.807) is 27.7 Å². The van der Waals surface area contributed by atoms with Crippen molar-refractivity contribution < 1.29 is 24.2 Å². The monoisotopic (exact) mass is 478 g/mol. The van der Waals surface area contributed by atoms with Gasteiger partial charge in [0.2, 0.25) is 5.91 Å². The molecule has 2 aliphatic carbocycles. The van der Waals surface area contributed by atoms with E-state index in [1.165, 1.54) is 0 Å². The van der Waals surface area contributed by atoms with Crippen LogP contribution in [0.25, 0.3) is 11.1 Å². The molecule has 2 aliphatic rings. The summed E-state index contributed by atoms with van der Waals surface area (Å²) in [5.74, 6) is -1.51. The molecular formula is C28H34N2O5. The zero-order valence-corrected chi connectivity index (χ0v) is 20.8. The molecule has 186 valence electrons. The molecule has 2 amide bonds. The molecule has 0 spiro atoms. The number of carboxylic acids is 1. The zero-order chi connectivity index (χ0) is 25.4. The van der Waals surface area contributed by atoms with E-state index in [-0.39, 0.29) is 24.5 Å². The number of carboxylic acid groups (broad SMARTS) is 1. The molecule has 2 aromatic rings. The van der Waals surface area contributed by atoms with Crippen LogP contribution in [0.3, 0.4) is 0 Å². The van der Waals surface area contributed by atoms with Gasteiger partial charge < -0.3 is 20.5 Å². The topological polar surface area (TPSA) is 105 Å². The maximum absolute atomic E-state index is 13.1. The van der Waals surface area contributed by atoms with Crippen molar-refractivity contribution in [1.29, 1.82) is 0 Å². The zero-order valence-electron chi connectivity index (χ0n) is 20.8. The highest BCUT2D eigenvalue weighted by atomic mass is 16.5. The minimum atomic E-state index is -0.958. The molecule has 2 atom stereocenters. The predicted octanol–water partition coefficient (Wildman–Crippen LogP) is 4.70. The summed E-state index contributed by atoms with van der Waals surface area (Å²) >= 11 is 0. The maximum atomic E-state index is 13.1. The maximum Gasteiger partial charge on any atom is 0.407 e. The van der Waals surface area contributed by atoms with E-state index in [9.17, 15) is 19.5 Å². The summed E-state index contributed by atoms with van der Waals surface area (Å²) in [6.45, 7) is 7.33. The first-order valence-electron chi connectivity index (χ1n) is 12.2. The molecule has 4 rings (SSSR count). The van der Waals surface area contributed by atoms with Crippen LogP contribution in [-0.4, -0.2) is 41.3 Å². The van der Waals surface area contributed by atoms with Crippen LogP contribution in [0.5, 0.6) is 0 Å². The SMILES string of the molecule is CC(C)(NC(=O)OCC1c2ccccc2-c2ccccc21)C(C)(C)C(=O)N[C@H]1CC[C@@H](C(=O)O)C1. The van der Waals surface area contributed by atoms with Gasteiger partial charge in [0.1, 0.15) is 6.61 Å². The Labute approximate surface area is 206 Å². The van der Waals surface area contributed by atoms with Gasteiger partial charge in [-0.25, -0.2) is 4.79 Å². The number of hydrogen-bond acceptors (Lipinski definition) is 4. The lowest BCUT2D eigenvalue weighted by Crippen LogP contribution is -2.60. The smallest absolute Gasteiger partial charge is 0.407 e. The number of carbonyl (C=O) groups excluding carboxylic acids is 2. The molecule has 0 aromatic heterocycles. The minimum Gasteiger partial charge on any atom is -0.481 e. The first-order valence-corrected chi connectivity index (χ1v) is 12.2. The number of amides is 2. The molecule has 2 aromatic carbocycles. The van der Waals surface area contributed by atoms with E-state index in [1.807, 2.05) is 24.3 Å². The van der Waals surface area contributed by atoms with Crippen LogP contribution < -0.4 is 10.6 Å². The molecule has 0 radical (unpaired) electrons. The quantitative estimate of drug-likeness (QED) is 0.535. The van der Waals surface area contributed by atoms with Crippen molar-refractivity contribution in [2.24, 2.45) is 11.3 Å². The Morgan fingerprint density at radius 2 is 1.51 bits per heavy atom. The number of rotatable bonds is 7. The summed E-state index contributed by atoms with van der Waals surface area (Å²) in [7, 11) is 0. The molecule has 35 heavy (non-hydrogen) atoms. The Kier molecular flexibility index (Phi) is 6.62. The molecule has 3 N–H and O–H groups in total. The largest absolute Gasteiger partial charge is 0.481 e. The number of fused-ring (bicyclic) bond motifs is 3. The Morgan fingerprint density at radius 3 is 2.06 bits per heavy atom. The fourth-order valence-electron chi connectivity index (χ4n) is 5.03. The van der Waals surface area contributed by atoms with Crippen LogP contribution in [-0.2, 0) is 14.3 Å². The Morgan fingerprint density at radius 1 is 0.943 bits per heavy atom. The summed E-state index contributed by atoms with van der Waals surface area (Å²) in [6.07, 6.45) is 1.04. The third-order valence-electron chi connectivity index (χ3n) is 8.01. The van der Waals surface area contributed by atoms with E-state index < -0.39 is 28.9 Å². The van der Waals surface area contributed by atoms with Crippen molar-refractivity contribution in [3.8, 4) is 11.1 Å². The summed E-state index contributed by atoms with van der Waals surface area (Å²) in [4.78, 5) is 37.2. The van der Waals surface area contributed by atoms with Crippen LogP contribution in [0.4, 0.5) is 4.79 Å². The van der Waals surface area contributed by atoms with Gasteiger partial charge in [-0.1, -0.05) is 48.5 Å². The number of carbonyl (C=O) groups is 3. The first kappa shape index (κ1) is 24.8. The van der Waals surface area contributed by atoms with E-state index in [0.717, 1.165) is 22.3 Å². The molecule has 0 bridgehead atoms. The van der Waals surface area contributed by atoms with Crippen molar-refractivity contribution in [3.05, 3.63) is 59.7 Å². The minimum absolute atomic E-state index is 0.0443. The number of alkyl carbamates (subject to hydrolysis) is 1. The van der Waals surface area contributed by atoms with Crippen molar-refractivity contribution in [1.82, 2.24) is 10.6 Å². The number of nitrogens with one attached hydrogen (secondary N) is 2. The van der Waals surface area contributed by atoms with Crippen LogP contribution in [0.15, 0.2) is 48.5 Å². The second kappa shape index (κ2) is 9.36. The van der Waals surface area contributed by atoms with Gasteiger partial charge in [0.05, 0.1) is 16.9 Å². The summed E-state index contributed by atoms with van der Waals surface area (Å²) in [6, 6.07) is 16.1. The Balaban J connectivity index is 1.37. The van der Waals surface area contributed by atoms with E-state index in [0.29, 0.717) is 19.3 Å². The fraction of sp³-hybridized carbons (Fsp3) is 0.464. The number of ether oxygens (including phenoxy) is 1. The molecule has 7 heteroatoms. The van der Waals surface area contributed by atoms with Crippen molar-refractivity contribution in [3.63, 3.8) is 0 Å². The van der Waals surface area contributed by atoms with E-state index >= 15 is 0 Å². The van der Waals surface area contributed by atoms with Gasteiger partial charge in [-0.3, -0.25) is 9.59 Å². The highest BCUT2D eigenvalue weighted by Crippen LogP contribution is 2.44. The Hall–Kier alpha value is -3.35. The van der Waals surface area contributed by atoms with Gasteiger partial charge in [-0.15, -0.1) is 0 Å².